The lowest BCUT2D eigenvalue weighted by Gasteiger charge is -2.14. The highest BCUT2D eigenvalue weighted by atomic mass is 32.2. The van der Waals surface area contributed by atoms with Crippen molar-refractivity contribution in [1.82, 2.24) is 0 Å². The molecule has 0 aliphatic carbocycles. The zero-order valence-corrected chi connectivity index (χ0v) is 23.6. The molecule has 0 heterocycles. The fourth-order valence-electron chi connectivity index (χ4n) is 3.96. The standard InChI is InChI=1S/C29H29N3O5S2/c1-19-8-13-24(14-9-19)39(36,37)32-28-7-5-6-26(22(28)4)29(33)30-23-11-15-25(16-12-23)38(34,35)31-27-17-10-20(2)18-21(27)3/h5-18,31-32H,1-4H3,(H,30,33). The molecule has 0 aliphatic heterocycles. The summed E-state index contributed by atoms with van der Waals surface area (Å²) in [5, 5.41) is 2.74. The predicted molar refractivity (Wildman–Crippen MR) is 154 cm³/mol. The van der Waals surface area contributed by atoms with Crippen LogP contribution in [0.3, 0.4) is 0 Å². The van der Waals surface area contributed by atoms with Gasteiger partial charge in [-0.15, -0.1) is 0 Å². The van der Waals surface area contributed by atoms with Crippen LogP contribution in [0.2, 0.25) is 0 Å². The molecule has 1 amide bonds. The first-order chi connectivity index (χ1) is 18.4. The second-order valence-electron chi connectivity index (χ2n) is 9.30. The fourth-order valence-corrected chi connectivity index (χ4v) is 6.21. The van der Waals surface area contributed by atoms with Crippen LogP contribution >= 0.6 is 0 Å². The van der Waals surface area contributed by atoms with Crippen LogP contribution in [0.1, 0.15) is 32.6 Å². The van der Waals surface area contributed by atoms with Crippen LogP contribution in [-0.4, -0.2) is 22.7 Å². The maximum absolute atomic E-state index is 13.0. The van der Waals surface area contributed by atoms with Crippen molar-refractivity contribution in [2.75, 3.05) is 14.8 Å². The Hall–Kier alpha value is -4.15. The van der Waals surface area contributed by atoms with Gasteiger partial charge in [-0.25, -0.2) is 16.8 Å². The number of amides is 1. The largest absolute Gasteiger partial charge is 0.322 e. The lowest BCUT2D eigenvalue weighted by Crippen LogP contribution is -2.17. The Morgan fingerprint density at radius 2 is 1.15 bits per heavy atom. The van der Waals surface area contributed by atoms with Crippen LogP contribution in [0.25, 0.3) is 0 Å². The SMILES string of the molecule is Cc1ccc(S(=O)(=O)Nc2cccc(C(=O)Nc3ccc(S(=O)(=O)Nc4ccc(C)cc4C)cc3)c2C)cc1. The summed E-state index contributed by atoms with van der Waals surface area (Å²) in [4.78, 5) is 13.2. The van der Waals surface area contributed by atoms with Crippen molar-refractivity contribution < 1.29 is 21.6 Å². The molecule has 8 nitrogen and oxygen atoms in total. The third-order valence-corrected chi connectivity index (χ3v) is 8.97. The number of hydrogen-bond acceptors (Lipinski definition) is 5. The highest BCUT2D eigenvalue weighted by molar-refractivity contribution is 7.93. The first-order valence-corrected chi connectivity index (χ1v) is 15.0. The normalized spacial score (nSPS) is 11.6. The summed E-state index contributed by atoms with van der Waals surface area (Å²) >= 11 is 0. The summed E-state index contributed by atoms with van der Waals surface area (Å²) in [7, 11) is -7.67. The van der Waals surface area contributed by atoms with Gasteiger partial charge in [-0.05, 0) is 93.4 Å². The molecule has 0 aromatic heterocycles. The van der Waals surface area contributed by atoms with Gasteiger partial charge in [0, 0.05) is 11.3 Å². The van der Waals surface area contributed by atoms with E-state index in [1.54, 1.807) is 43.3 Å². The molecule has 0 bridgehead atoms. The molecular formula is C29H29N3O5S2. The number of hydrogen-bond donors (Lipinski definition) is 3. The fraction of sp³-hybridized carbons (Fsp3) is 0.138. The van der Waals surface area contributed by atoms with Crippen LogP contribution in [0.4, 0.5) is 17.1 Å². The summed E-state index contributed by atoms with van der Waals surface area (Å²) in [5.74, 6) is -0.465. The number of nitrogens with one attached hydrogen (secondary N) is 3. The third-order valence-electron chi connectivity index (χ3n) is 6.20. The summed E-state index contributed by atoms with van der Waals surface area (Å²) < 4.78 is 56.5. The Bertz CT molecular complexity index is 1750. The molecule has 4 rings (SSSR count). The molecule has 0 saturated heterocycles. The van der Waals surface area contributed by atoms with Gasteiger partial charge in [0.05, 0.1) is 21.2 Å². The van der Waals surface area contributed by atoms with Gasteiger partial charge in [-0.2, -0.15) is 0 Å². The molecule has 4 aromatic rings. The van der Waals surface area contributed by atoms with Crippen LogP contribution in [0.5, 0.6) is 0 Å². The van der Waals surface area contributed by atoms with Gasteiger partial charge in [0.1, 0.15) is 0 Å². The molecule has 3 N–H and O–H groups in total. The van der Waals surface area contributed by atoms with E-state index in [1.807, 2.05) is 32.9 Å². The van der Waals surface area contributed by atoms with Gasteiger partial charge in [-0.1, -0.05) is 41.5 Å². The van der Waals surface area contributed by atoms with E-state index in [1.165, 1.54) is 36.4 Å². The molecule has 0 aliphatic rings. The Morgan fingerprint density at radius 1 is 0.615 bits per heavy atom. The second kappa shape index (κ2) is 10.9. The van der Waals surface area contributed by atoms with Gasteiger partial charge in [0.2, 0.25) is 0 Å². The van der Waals surface area contributed by atoms with Crippen molar-refractivity contribution in [3.05, 3.63) is 113 Å². The van der Waals surface area contributed by atoms with Crippen molar-refractivity contribution in [1.29, 1.82) is 0 Å². The number of anilines is 3. The van der Waals surface area contributed by atoms with E-state index in [4.69, 9.17) is 0 Å². The highest BCUT2D eigenvalue weighted by Crippen LogP contribution is 2.25. The third kappa shape index (κ3) is 6.47. The van der Waals surface area contributed by atoms with Crippen molar-refractivity contribution in [2.45, 2.75) is 37.5 Å². The van der Waals surface area contributed by atoms with Crippen molar-refractivity contribution in [2.24, 2.45) is 0 Å². The smallest absolute Gasteiger partial charge is 0.261 e. The zero-order chi connectivity index (χ0) is 28.4. The molecule has 202 valence electrons. The average molecular weight is 564 g/mol. The van der Waals surface area contributed by atoms with Crippen LogP contribution in [0.15, 0.2) is 94.7 Å². The van der Waals surface area contributed by atoms with E-state index in [9.17, 15) is 21.6 Å². The predicted octanol–water partition coefficient (Wildman–Crippen LogP) is 5.77. The first-order valence-electron chi connectivity index (χ1n) is 12.1. The van der Waals surface area contributed by atoms with E-state index in [0.29, 0.717) is 16.9 Å². The van der Waals surface area contributed by atoms with Crippen molar-refractivity contribution >= 4 is 43.0 Å². The number of aryl methyl sites for hydroxylation is 3. The molecule has 39 heavy (non-hydrogen) atoms. The van der Waals surface area contributed by atoms with Gasteiger partial charge in [-0.3, -0.25) is 14.2 Å². The van der Waals surface area contributed by atoms with Gasteiger partial charge >= 0.3 is 0 Å². The van der Waals surface area contributed by atoms with Crippen molar-refractivity contribution in [3.8, 4) is 0 Å². The molecular weight excluding hydrogens is 534 g/mol. The number of rotatable bonds is 8. The molecule has 0 saturated carbocycles. The zero-order valence-electron chi connectivity index (χ0n) is 21.9. The Labute approximate surface area is 229 Å². The van der Waals surface area contributed by atoms with E-state index in [0.717, 1.165) is 16.7 Å². The maximum atomic E-state index is 13.0. The highest BCUT2D eigenvalue weighted by Gasteiger charge is 2.19. The minimum absolute atomic E-state index is 0.0455. The molecule has 0 radical (unpaired) electrons. The second-order valence-corrected chi connectivity index (χ2v) is 12.7. The molecule has 10 heteroatoms. The molecule has 0 fully saturated rings. The summed E-state index contributed by atoms with van der Waals surface area (Å²) in [6.07, 6.45) is 0. The van der Waals surface area contributed by atoms with Gasteiger partial charge in [0.25, 0.3) is 26.0 Å². The van der Waals surface area contributed by atoms with Crippen molar-refractivity contribution in [3.63, 3.8) is 0 Å². The topological polar surface area (TPSA) is 121 Å². The van der Waals surface area contributed by atoms with E-state index in [-0.39, 0.29) is 21.0 Å². The van der Waals surface area contributed by atoms with Crippen LogP contribution in [-0.2, 0) is 20.0 Å². The number of benzene rings is 4. The summed E-state index contributed by atoms with van der Waals surface area (Å²) in [5.41, 5.74) is 4.65. The first kappa shape index (κ1) is 27.9. The summed E-state index contributed by atoms with van der Waals surface area (Å²) in [6.45, 7) is 7.27. The molecule has 0 unspecified atom stereocenters. The Kier molecular flexibility index (Phi) is 7.80. The Balaban J connectivity index is 1.49. The number of carbonyl (C=O) groups is 1. The molecule has 4 aromatic carbocycles. The summed E-state index contributed by atoms with van der Waals surface area (Å²) in [6, 6.07) is 22.4. The molecule has 0 atom stereocenters. The average Bonchev–Trinajstić information content (AvgIpc) is 2.87. The van der Waals surface area contributed by atoms with E-state index in [2.05, 4.69) is 14.8 Å². The lowest BCUT2D eigenvalue weighted by atomic mass is 10.1. The number of carbonyl (C=O) groups excluding carboxylic acids is 1. The monoisotopic (exact) mass is 563 g/mol. The minimum Gasteiger partial charge on any atom is -0.322 e. The quantitative estimate of drug-likeness (QED) is 0.251. The van der Waals surface area contributed by atoms with Gasteiger partial charge in [0.15, 0.2) is 0 Å². The van der Waals surface area contributed by atoms with Gasteiger partial charge < -0.3 is 5.32 Å². The number of sulfonamides is 2. The molecule has 0 spiro atoms. The van der Waals surface area contributed by atoms with Crippen LogP contribution in [0, 0.1) is 27.7 Å². The van der Waals surface area contributed by atoms with E-state index < -0.39 is 26.0 Å². The van der Waals surface area contributed by atoms with Crippen LogP contribution < -0.4 is 14.8 Å². The maximum Gasteiger partial charge on any atom is 0.261 e. The van der Waals surface area contributed by atoms with E-state index >= 15 is 0 Å². The minimum atomic E-state index is -3.84. The Morgan fingerprint density at radius 3 is 1.74 bits per heavy atom. The lowest BCUT2D eigenvalue weighted by molar-refractivity contribution is 0.102.